The number of rotatable bonds is 3. The van der Waals surface area contributed by atoms with Gasteiger partial charge in [-0.1, -0.05) is 0 Å². The Morgan fingerprint density at radius 2 is 2.25 bits per heavy atom. The summed E-state index contributed by atoms with van der Waals surface area (Å²) < 4.78 is 21.0. The molecule has 1 aliphatic heterocycles. The van der Waals surface area contributed by atoms with Crippen molar-refractivity contribution in [1.29, 1.82) is 0 Å². The van der Waals surface area contributed by atoms with Crippen LogP contribution < -0.4 is 17.0 Å². The minimum atomic E-state index is -2.43. The molecule has 0 saturated carbocycles. The zero-order valence-corrected chi connectivity index (χ0v) is 10.7. The van der Waals surface area contributed by atoms with E-state index in [0.717, 1.165) is 23.8 Å². The van der Waals surface area contributed by atoms with Gasteiger partial charge in [-0.3, -0.25) is 14.3 Å². The number of nitrogens with zero attached hydrogens (tertiary/aromatic N) is 1. The van der Waals surface area contributed by atoms with Crippen LogP contribution in [0.4, 0.5) is 4.39 Å². The Bertz CT molecular complexity index is 613. The minimum absolute atomic E-state index is 0.473. The van der Waals surface area contributed by atoms with Crippen molar-refractivity contribution in [2.24, 2.45) is 5.73 Å². The number of nitrogens with two attached hydrogens (primary N) is 1. The van der Waals surface area contributed by atoms with Gasteiger partial charge >= 0.3 is 5.69 Å². The van der Waals surface area contributed by atoms with Crippen molar-refractivity contribution in [3.8, 4) is 0 Å². The van der Waals surface area contributed by atoms with Gasteiger partial charge in [-0.25, -0.2) is 9.18 Å². The van der Waals surface area contributed by atoms with Crippen molar-refractivity contribution in [1.82, 2.24) is 9.55 Å². The van der Waals surface area contributed by atoms with E-state index in [1.165, 1.54) is 0 Å². The first-order valence-electron chi connectivity index (χ1n) is 5.98. The second-order valence-corrected chi connectivity index (χ2v) is 4.83. The number of ether oxygens (including phenoxy) is 1. The zero-order valence-electron chi connectivity index (χ0n) is 10.7. The Hall–Kier alpha value is -1.55. The normalized spacial score (nSPS) is 37.2. The molecule has 8 nitrogen and oxygen atoms in total. The Morgan fingerprint density at radius 3 is 2.70 bits per heavy atom. The van der Waals surface area contributed by atoms with E-state index in [2.05, 4.69) is 0 Å². The molecule has 1 fully saturated rings. The van der Waals surface area contributed by atoms with Crippen molar-refractivity contribution >= 4 is 0 Å². The first-order valence-corrected chi connectivity index (χ1v) is 5.98. The number of aromatic amines is 1. The fourth-order valence-electron chi connectivity index (χ4n) is 2.49. The van der Waals surface area contributed by atoms with Crippen LogP contribution in [0.15, 0.2) is 21.9 Å². The summed E-state index contributed by atoms with van der Waals surface area (Å²) in [5.74, 6) is 0. The highest BCUT2D eigenvalue weighted by Gasteiger charge is 2.65. The molecule has 20 heavy (non-hydrogen) atoms. The zero-order chi connectivity index (χ0) is 15.1. The van der Waals surface area contributed by atoms with Gasteiger partial charge in [-0.05, 0) is 6.92 Å². The number of aliphatic hydroxyl groups is 2. The van der Waals surface area contributed by atoms with Crippen molar-refractivity contribution in [3.63, 3.8) is 0 Å². The molecule has 1 aromatic rings. The lowest BCUT2D eigenvalue weighted by Gasteiger charge is -2.37. The van der Waals surface area contributed by atoms with E-state index < -0.39 is 48.0 Å². The van der Waals surface area contributed by atoms with Crippen LogP contribution in [0.25, 0.3) is 0 Å². The van der Waals surface area contributed by atoms with E-state index in [1.54, 1.807) is 0 Å². The van der Waals surface area contributed by atoms with E-state index in [4.69, 9.17) is 15.6 Å². The van der Waals surface area contributed by atoms with Crippen molar-refractivity contribution in [2.75, 3.05) is 13.2 Å². The highest BCUT2D eigenvalue weighted by molar-refractivity contribution is 5.10. The van der Waals surface area contributed by atoms with E-state index >= 15 is 0 Å². The number of aromatic nitrogens is 2. The number of alkyl halides is 1. The van der Waals surface area contributed by atoms with Crippen LogP contribution in [0.1, 0.15) is 6.92 Å². The van der Waals surface area contributed by atoms with Gasteiger partial charge < -0.3 is 20.7 Å². The maximum Gasteiger partial charge on any atom is 0.330 e. The predicted molar refractivity (Wildman–Crippen MR) is 65.8 cm³/mol. The SMILES string of the molecule is C[C@@]1(F)[C@H](O)[C@@H](CO)O[C@@]1(CN)n1ccc(=O)[nH]c1=O. The second-order valence-electron chi connectivity index (χ2n) is 4.83. The van der Waals surface area contributed by atoms with Gasteiger partial charge in [-0.15, -0.1) is 0 Å². The molecule has 0 bridgehead atoms. The monoisotopic (exact) mass is 289 g/mol. The highest BCUT2D eigenvalue weighted by atomic mass is 19.1. The van der Waals surface area contributed by atoms with Crippen LogP contribution in [-0.2, 0) is 10.5 Å². The Morgan fingerprint density at radius 1 is 1.60 bits per heavy atom. The Kier molecular flexibility index (Phi) is 3.54. The lowest BCUT2D eigenvalue weighted by molar-refractivity contribution is -0.155. The molecule has 4 atom stereocenters. The molecule has 112 valence electrons. The van der Waals surface area contributed by atoms with Crippen LogP contribution in [0.5, 0.6) is 0 Å². The smallest absolute Gasteiger partial charge is 0.330 e. The number of aliphatic hydroxyl groups excluding tert-OH is 2. The van der Waals surface area contributed by atoms with Crippen LogP contribution in [-0.4, -0.2) is 50.8 Å². The second kappa shape index (κ2) is 4.77. The third kappa shape index (κ3) is 1.82. The number of H-pyrrole nitrogens is 1. The molecule has 0 aromatic carbocycles. The highest BCUT2D eigenvalue weighted by Crippen LogP contribution is 2.44. The third-order valence-electron chi connectivity index (χ3n) is 3.69. The topological polar surface area (TPSA) is 131 Å². The Balaban J connectivity index is 2.65. The number of hydrogen-bond donors (Lipinski definition) is 4. The minimum Gasteiger partial charge on any atom is -0.394 e. The average molecular weight is 289 g/mol. The van der Waals surface area contributed by atoms with Crippen LogP contribution in [0.2, 0.25) is 0 Å². The summed E-state index contributed by atoms with van der Waals surface area (Å²) in [6, 6.07) is 1.01. The van der Waals surface area contributed by atoms with Gasteiger partial charge in [0, 0.05) is 18.8 Å². The van der Waals surface area contributed by atoms with Crippen molar-refractivity contribution in [3.05, 3.63) is 33.1 Å². The molecule has 0 unspecified atom stereocenters. The predicted octanol–water partition coefficient (Wildman–Crippen LogP) is -2.37. The molecular weight excluding hydrogens is 273 g/mol. The lowest BCUT2D eigenvalue weighted by Crippen LogP contribution is -2.60. The van der Waals surface area contributed by atoms with E-state index in [-0.39, 0.29) is 0 Å². The quantitative estimate of drug-likeness (QED) is 0.492. The molecule has 5 N–H and O–H groups in total. The molecule has 0 radical (unpaired) electrons. The molecule has 2 heterocycles. The van der Waals surface area contributed by atoms with Gasteiger partial charge in [0.1, 0.15) is 12.2 Å². The fraction of sp³-hybridized carbons (Fsp3) is 0.636. The molecule has 0 spiro atoms. The first kappa shape index (κ1) is 14.9. The molecule has 0 aliphatic carbocycles. The Labute approximate surface area is 112 Å². The molecule has 1 aromatic heterocycles. The summed E-state index contributed by atoms with van der Waals surface area (Å²) >= 11 is 0. The standard InChI is InChI=1S/C11H16FN3O5/c1-10(12)8(18)6(4-16)20-11(10,5-13)15-3-2-7(17)14-9(15)19/h2-3,6,8,16,18H,4-5,13H2,1H3,(H,14,17,19)/t6-,8-,10-,11-/m1/s1. The van der Waals surface area contributed by atoms with E-state index in [1.807, 2.05) is 4.98 Å². The van der Waals surface area contributed by atoms with E-state index in [0.29, 0.717) is 0 Å². The molecule has 1 saturated heterocycles. The first-order chi connectivity index (χ1) is 9.30. The van der Waals surface area contributed by atoms with Crippen LogP contribution in [0, 0.1) is 0 Å². The molecule has 2 rings (SSSR count). The third-order valence-corrected chi connectivity index (χ3v) is 3.69. The maximum absolute atomic E-state index is 14.9. The van der Waals surface area contributed by atoms with Gasteiger partial charge in [0.05, 0.1) is 6.61 Å². The van der Waals surface area contributed by atoms with E-state index in [9.17, 15) is 19.1 Å². The van der Waals surface area contributed by atoms with Gasteiger partial charge in [0.25, 0.3) is 5.56 Å². The van der Waals surface area contributed by atoms with Crippen molar-refractivity contribution in [2.45, 2.75) is 30.5 Å². The summed E-state index contributed by atoms with van der Waals surface area (Å²) in [6.07, 6.45) is -1.86. The largest absolute Gasteiger partial charge is 0.394 e. The van der Waals surface area contributed by atoms with Crippen LogP contribution >= 0.6 is 0 Å². The van der Waals surface area contributed by atoms with Gasteiger partial charge in [0.15, 0.2) is 11.4 Å². The number of hydrogen-bond acceptors (Lipinski definition) is 6. The number of halogens is 1. The molecule has 9 heteroatoms. The molecule has 1 aliphatic rings. The molecule has 0 amide bonds. The van der Waals surface area contributed by atoms with Gasteiger partial charge in [0.2, 0.25) is 0 Å². The van der Waals surface area contributed by atoms with Crippen molar-refractivity contribution < 1.29 is 19.3 Å². The summed E-state index contributed by atoms with van der Waals surface area (Å²) in [6.45, 7) is -0.0855. The fourth-order valence-corrected chi connectivity index (χ4v) is 2.49. The number of nitrogens with one attached hydrogen (secondary N) is 1. The summed E-state index contributed by atoms with van der Waals surface area (Å²) in [7, 11) is 0. The summed E-state index contributed by atoms with van der Waals surface area (Å²) in [4.78, 5) is 24.9. The maximum atomic E-state index is 14.9. The average Bonchev–Trinajstić information content (AvgIpc) is 2.59. The van der Waals surface area contributed by atoms with Crippen LogP contribution in [0.3, 0.4) is 0 Å². The molecular formula is C11H16FN3O5. The summed E-state index contributed by atoms with van der Waals surface area (Å²) in [5.41, 5.74) is -0.468. The summed E-state index contributed by atoms with van der Waals surface area (Å²) in [5, 5.41) is 19.0. The lowest BCUT2D eigenvalue weighted by atomic mass is 9.89. The van der Waals surface area contributed by atoms with Gasteiger partial charge in [-0.2, -0.15) is 0 Å².